The van der Waals surface area contributed by atoms with Gasteiger partial charge in [0.05, 0.1) is 0 Å². The Morgan fingerprint density at radius 3 is 3.00 bits per heavy atom. The van der Waals surface area contributed by atoms with Crippen LogP contribution in [0.25, 0.3) is 12.3 Å². The maximum atomic E-state index is 5.76. The average Bonchev–Trinajstić information content (AvgIpc) is 2.05. The van der Waals surface area contributed by atoms with Crippen molar-refractivity contribution in [2.24, 2.45) is 5.73 Å². The van der Waals surface area contributed by atoms with Crippen molar-refractivity contribution in [3.63, 3.8) is 0 Å². The summed E-state index contributed by atoms with van der Waals surface area (Å²) in [6.07, 6.45) is 7.15. The van der Waals surface area contributed by atoms with Crippen molar-refractivity contribution in [2.45, 2.75) is 6.92 Å². The SMILES string of the molecule is C=c1ccnc/c1=C(N)/C=C\C. The molecule has 1 heterocycles. The maximum Gasteiger partial charge on any atom is 0.0405 e. The highest BCUT2D eigenvalue weighted by molar-refractivity contribution is 5.52. The number of hydrogen-bond donors (Lipinski definition) is 1. The van der Waals surface area contributed by atoms with Gasteiger partial charge >= 0.3 is 0 Å². The van der Waals surface area contributed by atoms with Gasteiger partial charge in [0.2, 0.25) is 0 Å². The van der Waals surface area contributed by atoms with Crippen molar-refractivity contribution in [2.75, 3.05) is 0 Å². The summed E-state index contributed by atoms with van der Waals surface area (Å²) >= 11 is 0. The minimum absolute atomic E-state index is 0.704. The van der Waals surface area contributed by atoms with Crippen LogP contribution in [0.3, 0.4) is 0 Å². The van der Waals surface area contributed by atoms with E-state index in [0.717, 1.165) is 10.4 Å². The molecule has 2 heteroatoms. The van der Waals surface area contributed by atoms with Crippen LogP contribution in [0.2, 0.25) is 0 Å². The Balaban J connectivity index is 3.45. The minimum atomic E-state index is 0.704. The van der Waals surface area contributed by atoms with Crippen LogP contribution in [0.1, 0.15) is 6.92 Å². The zero-order chi connectivity index (χ0) is 8.97. The molecule has 0 unspecified atom stereocenters. The Hall–Kier alpha value is -1.57. The summed E-state index contributed by atoms with van der Waals surface area (Å²) in [7, 11) is 0. The van der Waals surface area contributed by atoms with Gasteiger partial charge in [0.15, 0.2) is 0 Å². The molecule has 0 saturated heterocycles. The first-order valence-electron chi connectivity index (χ1n) is 3.77. The van der Waals surface area contributed by atoms with Gasteiger partial charge in [-0.2, -0.15) is 0 Å². The monoisotopic (exact) mass is 160 g/mol. The summed E-state index contributed by atoms with van der Waals surface area (Å²) in [6, 6.07) is 1.84. The molecule has 1 aromatic rings. The van der Waals surface area contributed by atoms with E-state index in [1.165, 1.54) is 0 Å². The van der Waals surface area contributed by atoms with Crippen molar-refractivity contribution in [1.82, 2.24) is 4.98 Å². The van der Waals surface area contributed by atoms with E-state index in [0.29, 0.717) is 5.70 Å². The Morgan fingerprint density at radius 2 is 2.42 bits per heavy atom. The molecule has 0 aliphatic heterocycles. The molecule has 12 heavy (non-hydrogen) atoms. The molecular weight excluding hydrogens is 148 g/mol. The highest BCUT2D eigenvalue weighted by Crippen LogP contribution is 1.80. The van der Waals surface area contributed by atoms with Crippen molar-refractivity contribution in [3.05, 3.63) is 41.0 Å². The number of rotatable bonds is 1. The lowest BCUT2D eigenvalue weighted by molar-refractivity contribution is 1.26. The van der Waals surface area contributed by atoms with Crippen LogP contribution in [-0.4, -0.2) is 4.98 Å². The Labute approximate surface area is 71.7 Å². The molecule has 62 valence electrons. The normalized spacial score (nSPS) is 13.4. The smallest absolute Gasteiger partial charge is 0.0405 e. The summed E-state index contributed by atoms with van der Waals surface area (Å²) in [4.78, 5) is 3.97. The number of nitrogens with zero attached hydrogens (tertiary/aromatic N) is 1. The largest absolute Gasteiger partial charge is 0.398 e. The van der Waals surface area contributed by atoms with E-state index >= 15 is 0 Å². The van der Waals surface area contributed by atoms with Gasteiger partial charge in [0.25, 0.3) is 0 Å². The summed E-state index contributed by atoms with van der Waals surface area (Å²) in [5.74, 6) is 0. The van der Waals surface area contributed by atoms with Gasteiger partial charge in [-0.1, -0.05) is 12.7 Å². The van der Waals surface area contributed by atoms with Crippen LogP contribution in [0.15, 0.2) is 30.6 Å². The van der Waals surface area contributed by atoms with Gasteiger partial charge in [-0.05, 0) is 24.3 Å². The van der Waals surface area contributed by atoms with Crippen LogP contribution in [0.4, 0.5) is 0 Å². The molecule has 0 aromatic carbocycles. The fourth-order valence-electron chi connectivity index (χ4n) is 0.953. The van der Waals surface area contributed by atoms with E-state index in [1.807, 2.05) is 25.1 Å². The lowest BCUT2D eigenvalue weighted by Crippen LogP contribution is -2.28. The molecule has 2 nitrogen and oxygen atoms in total. The Kier molecular flexibility index (Phi) is 2.64. The van der Waals surface area contributed by atoms with Crippen LogP contribution in [0.5, 0.6) is 0 Å². The Bertz CT molecular complexity index is 391. The number of nitrogens with two attached hydrogens (primary N) is 1. The highest BCUT2D eigenvalue weighted by atomic mass is 14.6. The third kappa shape index (κ3) is 1.72. The van der Waals surface area contributed by atoms with Gasteiger partial charge < -0.3 is 5.73 Å². The molecule has 0 aliphatic rings. The van der Waals surface area contributed by atoms with Gasteiger partial charge in [-0.15, -0.1) is 0 Å². The molecule has 1 rings (SSSR count). The molecule has 2 N–H and O–H groups in total. The highest BCUT2D eigenvalue weighted by Gasteiger charge is 1.86. The fourth-order valence-corrected chi connectivity index (χ4v) is 0.953. The molecule has 0 amide bonds. The summed E-state index contributed by atoms with van der Waals surface area (Å²) in [5, 5.41) is 1.80. The average molecular weight is 160 g/mol. The van der Waals surface area contributed by atoms with E-state index in [-0.39, 0.29) is 0 Å². The molecule has 0 aliphatic carbocycles. The molecule has 0 bridgehead atoms. The third-order valence-electron chi connectivity index (χ3n) is 1.57. The number of aromatic nitrogens is 1. The molecule has 0 atom stereocenters. The molecule has 1 aromatic heterocycles. The fraction of sp³-hybridized carbons (Fsp3) is 0.100. The zero-order valence-electron chi connectivity index (χ0n) is 7.12. The predicted octanol–water partition coefficient (Wildman–Crippen LogP) is 0.135. The molecule has 0 saturated carbocycles. The maximum absolute atomic E-state index is 5.76. The quantitative estimate of drug-likeness (QED) is 0.634. The van der Waals surface area contributed by atoms with Gasteiger partial charge in [-0.3, -0.25) is 4.98 Å². The summed E-state index contributed by atoms with van der Waals surface area (Å²) in [6.45, 7) is 5.77. The van der Waals surface area contributed by atoms with E-state index in [1.54, 1.807) is 12.4 Å². The number of hydrogen-bond acceptors (Lipinski definition) is 2. The van der Waals surface area contributed by atoms with Gasteiger partial charge in [0.1, 0.15) is 0 Å². The summed E-state index contributed by atoms with van der Waals surface area (Å²) < 4.78 is 0. The van der Waals surface area contributed by atoms with Crippen LogP contribution in [0, 0.1) is 0 Å². The number of allylic oxidation sites excluding steroid dienone is 1. The standard InChI is InChI=1S/C10H12N2/c1-3-4-10(11)9-7-12-6-5-8(9)2/h3-7H,2,11H2,1H3/b4-3-,10-9+. The van der Waals surface area contributed by atoms with Crippen molar-refractivity contribution in [3.8, 4) is 0 Å². The second-order valence-corrected chi connectivity index (χ2v) is 2.49. The molecular formula is C10H12N2. The number of pyridine rings is 1. The van der Waals surface area contributed by atoms with E-state index < -0.39 is 0 Å². The van der Waals surface area contributed by atoms with E-state index in [2.05, 4.69) is 11.6 Å². The predicted molar refractivity (Wildman–Crippen MR) is 51.4 cm³/mol. The minimum Gasteiger partial charge on any atom is -0.398 e. The Morgan fingerprint density at radius 1 is 1.67 bits per heavy atom. The van der Waals surface area contributed by atoms with Crippen LogP contribution in [-0.2, 0) is 0 Å². The van der Waals surface area contributed by atoms with Crippen molar-refractivity contribution in [1.29, 1.82) is 0 Å². The van der Waals surface area contributed by atoms with Gasteiger partial charge in [0, 0.05) is 23.3 Å². The van der Waals surface area contributed by atoms with Crippen molar-refractivity contribution < 1.29 is 0 Å². The first kappa shape index (κ1) is 8.53. The van der Waals surface area contributed by atoms with E-state index in [9.17, 15) is 0 Å². The van der Waals surface area contributed by atoms with Gasteiger partial charge in [-0.25, -0.2) is 0 Å². The third-order valence-corrected chi connectivity index (χ3v) is 1.57. The molecule has 0 radical (unpaired) electrons. The first-order chi connectivity index (χ1) is 5.75. The first-order valence-corrected chi connectivity index (χ1v) is 3.77. The van der Waals surface area contributed by atoms with E-state index in [4.69, 9.17) is 5.73 Å². The second-order valence-electron chi connectivity index (χ2n) is 2.49. The molecule has 0 spiro atoms. The second kappa shape index (κ2) is 3.72. The summed E-state index contributed by atoms with van der Waals surface area (Å²) in [5.41, 5.74) is 6.46. The van der Waals surface area contributed by atoms with Crippen molar-refractivity contribution >= 4 is 12.3 Å². The lowest BCUT2D eigenvalue weighted by Gasteiger charge is -1.92. The molecule has 0 fully saturated rings. The van der Waals surface area contributed by atoms with Crippen LogP contribution >= 0.6 is 0 Å². The van der Waals surface area contributed by atoms with Crippen LogP contribution < -0.4 is 16.2 Å². The zero-order valence-corrected chi connectivity index (χ0v) is 7.12. The lowest BCUT2D eigenvalue weighted by atomic mass is 10.2. The topological polar surface area (TPSA) is 38.9 Å².